The lowest BCUT2D eigenvalue weighted by atomic mass is 9.79. The summed E-state index contributed by atoms with van der Waals surface area (Å²) in [6, 6.07) is 9.69. The van der Waals surface area contributed by atoms with E-state index < -0.39 is 17.2 Å². The molecule has 0 spiro atoms. The van der Waals surface area contributed by atoms with Gasteiger partial charge in [-0.2, -0.15) is 5.06 Å². The molecule has 1 aromatic carbocycles. The maximum absolute atomic E-state index is 12.8. The van der Waals surface area contributed by atoms with Gasteiger partial charge in [-0.05, 0) is 76.7 Å². The molecule has 2 amide bonds. The lowest BCUT2D eigenvalue weighted by Crippen LogP contribution is -2.62. The maximum Gasteiger partial charge on any atom is 0.407 e. The van der Waals surface area contributed by atoms with E-state index in [0.29, 0.717) is 31.1 Å². The Kier molecular flexibility index (Phi) is 8.30. The Morgan fingerprint density at radius 3 is 2.32 bits per heavy atom. The van der Waals surface area contributed by atoms with Crippen LogP contribution in [0.25, 0.3) is 0 Å². The van der Waals surface area contributed by atoms with Crippen molar-refractivity contribution in [1.29, 1.82) is 0 Å². The van der Waals surface area contributed by atoms with Gasteiger partial charge in [0.25, 0.3) is 0 Å². The Hall–Kier alpha value is -2.12. The molecule has 1 saturated carbocycles. The molecule has 0 bridgehead atoms. The van der Waals surface area contributed by atoms with Crippen molar-refractivity contribution in [2.45, 2.75) is 103 Å². The molecule has 1 aromatic rings. The standard InChI is InChI=1S/C27H43N3O4/c1-18(2)12-23(29-25(32)34-17-19-10-8-7-9-11-19)22-13-20(22)14-24(31)28-21-15-26(3,4)30(33)27(5,6)16-21/h7-11,18,20-23,33H,12-17H2,1-6H3,(H,28,31)(H,29,32). The van der Waals surface area contributed by atoms with Crippen molar-refractivity contribution >= 4 is 12.0 Å². The molecule has 1 saturated heterocycles. The molecule has 1 aliphatic heterocycles. The summed E-state index contributed by atoms with van der Waals surface area (Å²) in [6.45, 7) is 12.5. The first kappa shape index (κ1) is 26.5. The average Bonchev–Trinajstić information content (AvgIpc) is 3.49. The number of benzene rings is 1. The van der Waals surface area contributed by atoms with Crippen molar-refractivity contribution < 1.29 is 19.5 Å². The van der Waals surface area contributed by atoms with Gasteiger partial charge in [-0.25, -0.2) is 4.79 Å². The molecule has 190 valence electrons. The number of piperidine rings is 1. The molecule has 7 heteroatoms. The fraction of sp³-hybridized carbons (Fsp3) is 0.704. The summed E-state index contributed by atoms with van der Waals surface area (Å²) in [5, 5.41) is 18.2. The van der Waals surface area contributed by atoms with Crippen LogP contribution in [0.2, 0.25) is 0 Å². The minimum absolute atomic E-state index is 0.0107. The lowest BCUT2D eigenvalue weighted by Gasteiger charge is -2.51. The van der Waals surface area contributed by atoms with Crippen molar-refractivity contribution in [2.24, 2.45) is 17.8 Å². The van der Waals surface area contributed by atoms with Gasteiger partial charge in [-0.3, -0.25) is 4.79 Å². The van der Waals surface area contributed by atoms with E-state index in [1.165, 1.54) is 5.06 Å². The third-order valence-corrected chi connectivity index (χ3v) is 7.19. The van der Waals surface area contributed by atoms with Gasteiger partial charge in [0.05, 0.1) is 0 Å². The molecule has 3 unspecified atom stereocenters. The minimum Gasteiger partial charge on any atom is -0.445 e. The van der Waals surface area contributed by atoms with E-state index in [1.807, 2.05) is 58.0 Å². The second-order valence-electron chi connectivity index (χ2n) is 11.9. The summed E-state index contributed by atoms with van der Waals surface area (Å²) >= 11 is 0. The minimum atomic E-state index is -0.398. The molecule has 2 fully saturated rings. The number of alkyl carbamates (subject to hydrolysis) is 1. The number of amides is 2. The van der Waals surface area contributed by atoms with Crippen LogP contribution in [-0.4, -0.2) is 45.4 Å². The summed E-state index contributed by atoms with van der Waals surface area (Å²) < 4.78 is 5.43. The van der Waals surface area contributed by atoms with Gasteiger partial charge in [0, 0.05) is 29.6 Å². The molecule has 3 N–H and O–H groups in total. The SMILES string of the molecule is CC(C)CC(NC(=O)OCc1ccccc1)C1CC1CC(=O)NC1CC(C)(C)N(O)C(C)(C)C1. The van der Waals surface area contributed by atoms with Crippen LogP contribution < -0.4 is 10.6 Å². The lowest BCUT2D eigenvalue weighted by molar-refractivity contribution is -0.246. The highest BCUT2D eigenvalue weighted by molar-refractivity contribution is 5.77. The fourth-order valence-electron chi connectivity index (χ4n) is 5.66. The number of nitrogens with zero attached hydrogens (tertiary/aromatic N) is 1. The van der Waals surface area contributed by atoms with Crippen molar-refractivity contribution in [2.75, 3.05) is 0 Å². The quantitative estimate of drug-likeness (QED) is 0.475. The van der Waals surface area contributed by atoms with E-state index in [0.717, 1.165) is 18.4 Å². The van der Waals surface area contributed by atoms with E-state index in [2.05, 4.69) is 24.5 Å². The number of hydrogen-bond donors (Lipinski definition) is 3. The molecule has 0 aromatic heterocycles. The molecule has 1 heterocycles. The number of carbonyl (C=O) groups is 2. The Labute approximate surface area is 204 Å². The number of hydroxylamine groups is 2. The largest absolute Gasteiger partial charge is 0.445 e. The van der Waals surface area contributed by atoms with Gasteiger partial charge >= 0.3 is 6.09 Å². The highest BCUT2D eigenvalue weighted by Crippen LogP contribution is 2.45. The zero-order valence-electron chi connectivity index (χ0n) is 21.6. The van der Waals surface area contributed by atoms with Crippen LogP contribution in [0.3, 0.4) is 0 Å². The molecule has 0 radical (unpaired) electrons. The Bertz CT molecular complexity index is 822. The van der Waals surface area contributed by atoms with E-state index in [1.54, 1.807) is 0 Å². The van der Waals surface area contributed by atoms with Crippen LogP contribution in [-0.2, 0) is 16.1 Å². The van der Waals surface area contributed by atoms with Crippen LogP contribution >= 0.6 is 0 Å². The van der Waals surface area contributed by atoms with Gasteiger partial charge in [-0.1, -0.05) is 44.2 Å². The normalized spacial score (nSPS) is 24.9. The van der Waals surface area contributed by atoms with Gasteiger partial charge in [0.1, 0.15) is 6.61 Å². The Morgan fingerprint density at radius 1 is 1.12 bits per heavy atom. The van der Waals surface area contributed by atoms with E-state index in [9.17, 15) is 14.8 Å². The molecular formula is C27H43N3O4. The number of ether oxygens (including phenoxy) is 1. The maximum atomic E-state index is 12.8. The molecule has 1 aliphatic carbocycles. The second kappa shape index (κ2) is 10.6. The highest BCUT2D eigenvalue weighted by Gasteiger charge is 2.47. The van der Waals surface area contributed by atoms with Crippen molar-refractivity contribution in [3.63, 3.8) is 0 Å². The Morgan fingerprint density at radius 2 is 1.74 bits per heavy atom. The molecule has 7 nitrogen and oxygen atoms in total. The molecule has 3 rings (SSSR count). The Balaban J connectivity index is 1.48. The van der Waals surface area contributed by atoms with Crippen LogP contribution in [0, 0.1) is 17.8 Å². The average molecular weight is 474 g/mol. The summed E-state index contributed by atoms with van der Waals surface area (Å²) in [5.74, 6) is 1.06. The van der Waals surface area contributed by atoms with Gasteiger partial charge < -0.3 is 20.6 Å². The number of nitrogens with one attached hydrogen (secondary N) is 2. The van der Waals surface area contributed by atoms with Gasteiger partial charge in [0.15, 0.2) is 0 Å². The van der Waals surface area contributed by atoms with Crippen molar-refractivity contribution in [3.05, 3.63) is 35.9 Å². The number of rotatable bonds is 9. The smallest absolute Gasteiger partial charge is 0.407 e. The summed E-state index contributed by atoms with van der Waals surface area (Å²) in [6.07, 6.45) is 3.29. The van der Waals surface area contributed by atoms with Crippen LogP contribution in [0.1, 0.15) is 79.2 Å². The van der Waals surface area contributed by atoms with Crippen molar-refractivity contribution in [1.82, 2.24) is 15.7 Å². The third kappa shape index (κ3) is 7.19. The highest BCUT2D eigenvalue weighted by atomic mass is 16.5. The number of carbonyl (C=O) groups excluding carboxylic acids is 2. The zero-order valence-corrected chi connectivity index (χ0v) is 21.6. The molecule has 34 heavy (non-hydrogen) atoms. The fourth-order valence-corrected chi connectivity index (χ4v) is 5.66. The van der Waals surface area contributed by atoms with E-state index in [-0.39, 0.29) is 30.5 Å². The second-order valence-corrected chi connectivity index (χ2v) is 11.9. The summed E-state index contributed by atoms with van der Waals surface area (Å²) in [7, 11) is 0. The van der Waals surface area contributed by atoms with Crippen molar-refractivity contribution in [3.8, 4) is 0 Å². The first-order chi connectivity index (χ1) is 15.9. The molecule has 3 atom stereocenters. The predicted octanol–water partition coefficient (Wildman–Crippen LogP) is 4.88. The van der Waals surface area contributed by atoms with Crippen LogP contribution in [0.4, 0.5) is 4.79 Å². The number of hydrogen-bond acceptors (Lipinski definition) is 5. The summed E-state index contributed by atoms with van der Waals surface area (Å²) in [5.41, 5.74) is 0.167. The summed E-state index contributed by atoms with van der Waals surface area (Å²) in [4.78, 5) is 25.3. The van der Waals surface area contributed by atoms with E-state index >= 15 is 0 Å². The first-order valence-corrected chi connectivity index (χ1v) is 12.6. The van der Waals surface area contributed by atoms with Gasteiger partial charge in [0.2, 0.25) is 5.91 Å². The van der Waals surface area contributed by atoms with Crippen LogP contribution in [0.5, 0.6) is 0 Å². The zero-order chi connectivity index (χ0) is 25.1. The predicted molar refractivity (Wildman–Crippen MR) is 132 cm³/mol. The van der Waals surface area contributed by atoms with Gasteiger partial charge in [-0.15, -0.1) is 0 Å². The van der Waals surface area contributed by atoms with E-state index in [4.69, 9.17) is 4.74 Å². The molecule has 2 aliphatic rings. The first-order valence-electron chi connectivity index (χ1n) is 12.6. The topological polar surface area (TPSA) is 90.9 Å². The third-order valence-electron chi connectivity index (χ3n) is 7.19. The monoisotopic (exact) mass is 473 g/mol. The molecular weight excluding hydrogens is 430 g/mol. The van der Waals surface area contributed by atoms with Crippen LogP contribution in [0.15, 0.2) is 30.3 Å².